The number of hydrogen-bond donors (Lipinski definition) is 1. The van der Waals surface area contributed by atoms with Crippen molar-refractivity contribution in [3.63, 3.8) is 0 Å². The van der Waals surface area contributed by atoms with Gasteiger partial charge in [-0.15, -0.1) is 0 Å². The smallest absolute Gasteiger partial charge is 0.776 e. The summed E-state index contributed by atoms with van der Waals surface area (Å²) in [6, 6.07) is 6.32. The summed E-state index contributed by atoms with van der Waals surface area (Å²) >= 11 is 5.72. The zero-order chi connectivity index (χ0) is 16.0. The normalized spacial score (nSPS) is 15.9. The van der Waals surface area contributed by atoms with Gasteiger partial charge in [0.2, 0.25) is 0 Å². The number of halogens is 1. The second-order valence-corrected chi connectivity index (χ2v) is 6.60. The van der Waals surface area contributed by atoms with Crippen molar-refractivity contribution >= 4 is 25.2 Å². The Kier molecular flexibility index (Phi) is 9.90. The van der Waals surface area contributed by atoms with Crippen molar-refractivity contribution in [3.05, 3.63) is 29.3 Å². The summed E-state index contributed by atoms with van der Waals surface area (Å²) in [6.45, 7) is 3.14. The number of esters is 1. The number of carbonyl (C=O) groups is 1. The maximum absolute atomic E-state index is 11.8. The first-order valence-electron chi connectivity index (χ1n) is 6.40. The SMILES string of the molecule is CCCC(OC(=O)C(C)Oc1ccc(Cl)cc1)P(=O)([O-])O.[Na+]. The van der Waals surface area contributed by atoms with Gasteiger partial charge in [0.25, 0.3) is 0 Å². The third-order valence-corrected chi connectivity index (χ3v) is 3.95. The van der Waals surface area contributed by atoms with E-state index < -0.39 is 25.5 Å². The molecule has 0 bridgehead atoms. The Bertz CT molecular complexity index is 518. The molecule has 1 rings (SSSR count). The number of carbonyl (C=O) groups excluding carboxylic acids is 1. The largest absolute Gasteiger partial charge is 1.00 e. The fourth-order valence-electron chi connectivity index (χ4n) is 1.53. The van der Waals surface area contributed by atoms with Crippen molar-refractivity contribution in [2.75, 3.05) is 0 Å². The van der Waals surface area contributed by atoms with Crippen molar-refractivity contribution in [3.8, 4) is 5.75 Å². The van der Waals surface area contributed by atoms with Crippen LogP contribution in [0.25, 0.3) is 0 Å². The van der Waals surface area contributed by atoms with E-state index in [-0.39, 0.29) is 36.0 Å². The quantitative estimate of drug-likeness (QED) is 0.394. The van der Waals surface area contributed by atoms with Gasteiger partial charge in [-0.05, 0) is 37.6 Å². The molecule has 1 aromatic rings. The van der Waals surface area contributed by atoms with Crippen LogP contribution in [0.4, 0.5) is 0 Å². The fraction of sp³-hybridized carbons (Fsp3) is 0.462. The predicted octanol–water partition coefficient (Wildman–Crippen LogP) is -0.674. The molecule has 0 radical (unpaired) electrons. The second kappa shape index (κ2) is 9.93. The van der Waals surface area contributed by atoms with Crippen molar-refractivity contribution in [1.29, 1.82) is 0 Å². The minimum Gasteiger partial charge on any atom is -0.776 e. The van der Waals surface area contributed by atoms with E-state index in [1.165, 1.54) is 6.92 Å². The number of rotatable bonds is 7. The fourth-order valence-corrected chi connectivity index (χ4v) is 2.48. The van der Waals surface area contributed by atoms with E-state index in [9.17, 15) is 14.3 Å². The molecule has 0 aliphatic rings. The van der Waals surface area contributed by atoms with Gasteiger partial charge in [0.05, 0.1) is 0 Å². The standard InChI is InChI=1S/C13H18ClO6P.Na/c1-3-4-12(21(16,17)18)20-13(15)9(2)19-11-7-5-10(14)6-8-11;/h5-9,12H,3-4H2,1-2H3,(H2,16,17,18);/q;+1/p-1. The summed E-state index contributed by atoms with van der Waals surface area (Å²) in [5.41, 5.74) is 0. The van der Waals surface area contributed by atoms with Gasteiger partial charge in [-0.2, -0.15) is 0 Å². The van der Waals surface area contributed by atoms with E-state index in [1.54, 1.807) is 31.2 Å². The molecule has 0 aliphatic heterocycles. The van der Waals surface area contributed by atoms with E-state index in [0.29, 0.717) is 17.2 Å². The van der Waals surface area contributed by atoms with Crippen molar-refractivity contribution in [1.82, 2.24) is 0 Å². The van der Waals surface area contributed by atoms with Crippen LogP contribution >= 0.6 is 19.2 Å². The first kappa shape index (κ1) is 21.9. The van der Waals surface area contributed by atoms with Crippen molar-refractivity contribution in [2.45, 2.75) is 38.6 Å². The average Bonchev–Trinajstić information content (AvgIpc) is 2.39. The molecular formula is C13H17ClNaO6P. The van der Waals surface area contributed by atoms with Gasteiger partial charge < -0.3 is 23.8 Å². The Labute approximate surface area is 156 Å². The number of ether oxygens (including phenoxy) is 2. The van der Waals surface area contributed by atoms with Crippen LogP contribution in [0.5, 0.6) is 5.75 Å². The first-order valence-corrected chi connectivity index (χ1v) is 8.42. The van der Waals surface area contributed by atoms with Crippen molar-refractivity contribution in [2.24, 2.45) is 0 Å². The van der Waals surface area contributed by atoms with Crippen LogP contribution in [0, 0.1) is 0 Å². The Balaban J connectivity index is 0.00000441. The molecular weight excluding hydrogens is 342 g/mol. The number of hydrogen-bond acceptors (Lipinski definition) is 5. The Morgan fingerprint density at radius 2 is 1.95 bits per heavy atom. The Morgan fingerprint density at radius 1 is 1.41 bits per heavy atom. The summed E-state index contributed by atoms with van der Waals surface area (Å²) in [6.07, 6.45) is -0.550. The van der Waals surface area contributed by atoms with Crippen LogP contribution in [0.15, 0.2) is 24.3 Å². The summed E-state index contributed by atoms with van der Waals surface area (Å²) in [4.78, 5) is 32.0. The molecule has 0 saturated heterocycles. The van der Waals surface area contributed by atoms with E-state index in [0.717, 1.165) is 0 Å². The molecule has 0 saturated carbocycles. The summed E-state index contributed by atoms with van der Waals surface area (Å²) in [7, 11) is -4.74. The van der Waals surface area contributed by atoms with Gasteiger partial charge in [0.15, 0.2) is 19.5 Å². The molecule has 3 atom stereocenters. The van der Waals surface area contributed by atoms with Crippen LogP contribution < -0.4 is 39.2 Å². The maximum Gasteiger partial charge on any atom is 1.00 e. The summed E-state index contributed by atoms with van der Waals surface area (Å²) in [5, 5.41) is 0.521. The molecule has 3 unspecified atom stereocenters. The minimum atomic E-state index is -4.74. The molecule has 0 amide bonds. The Morgan fingerprint density at radius 3 is 2.41 bits per heavy atom. The molecule has 0 fully saturated rings. The summed E-state index contributed by atoms with van der Waals surface area (Å²) in [5.74, 6) is -2.02. The van der Waals surface area contributed by atoms with Gasteiger partial charge in [0, 0.05) is 5.02 Å². The first-order chi connectivity index (χ1) is 9.74. The van der Waals surface area contributed by atoms with Crippen LogP contribution in [0.2, 0.25) is 5.02 Å². The minimum absolute atomic E-state index is 0. The van der Waals surface area contributed by atoms with Crippen LogP contribution in [0.1, 0.15) is 26.7 Å². The average molecular weight is 359 g/mol. The van der Waals surface area contributed by atoms with Gasteiger partial charge in [-0.3, -0.25) is 0 Å². The molecule has 0 aromatic heterocycles. The van der Waals surface area contributed by atoms with E-state index in [2.05, 4.69) is 0 Å². The molecule has 1 N–H and O–H groups in total. The second-order valence-electron chi connectivity index (χ2n) is 4.46. The molecule has 0 aliphatic carbocycles. The molecule has 118 valence electrons. The van der Waals surface area contributed by atoms with E-state index >= 15 is 0 Å². The van der Waals surface area contributed by atoms with Crippen molar-refractivity contribution < 1.29 is 58.2 Å². The summed E-state index contributed by atoms with van der Waals surface area (Å²) < 4.78 is 21.2. The van der Waals surface area contributed by atoms with E-state index in [1.807, 2.05) is 0 Å². The molecule has 1 aromatic carbocycles. The van der Waals surface area contributed by atoms with Gasteiger partial charge >= 0.3 is 35.5 Å². The van der Waals surface area contributed by atoms with E-state index in [4.69, 9.17) is 26.0 Å². The molecule has 9 heteroatoms. The number of benzene rings is 1. The molecule has 6 nitrogen and oxygen atoms in total. The maximum atomic E-state index is 11.8. The zero-order valence-electron chi connectivity index (χ0n) is 12.7. The molecule has 0 spiro atoms. The zero-order valence-corrected chi connectivity index (χ0v) is 16.3. The topological polar surface area (TPSA) is 95.9 Å². The predicted molar refractivity (Wildman–Crippen MR) is 76.2 cm³/mol. The van der Waals surface area contributed by atoms with Gasteiger partial charge in [-0.1, -0.05) is 24.9 Å². The van der Waals surface area contributed by atoms with Crippen LogP contribution in [-0.2, 0) is 14.1 Å². The van der Waals surface area contributed by atoms with Crippen LogP contribution in [-0.4, -0.2) is 22.8 Å². The molecule has 0 heterocycles. The van der Waals surface area contributed by atoms with Gasteiger partial charge in [-0.25, -0.2) is 4.79 Å². The van der Waals surface area contributed by atoms with Crippen LogP contribution in [0.3, 0.4) is 0 Å². The van der Waals surface area contributed by atoms with Gasteiger partial charge in [0.1, 0.15) is 5.75 Å². The Hall–Kier alpha value is -0.0700. The third-order valence-electron chi connectivity index (χ3n) is 2.61. The molecule has 22 heavy (non-hydrogen) atoms. The monoisotopic (exact) mass is 358 g/mol. The third kappa shape index (κ3) is 7.47.